The zero-order chi connectivity index (χ0) is 22.3. The molecule has 0 aliphatic heterocycles. The van der Waals surface area contributed by atoms with Gasteiger partial charge in [0.05, 0.1) is 33.0 Å². The van der Waals surface area contributed by atoms with Crippen molar-refractivity contribution in [2.24, 2.45) is 0 Å². The van der Waals surface area contributed by atoms with E-state index in [-0.39, 0.29) is 36.6 Å². The molecule has 1 amide bonds. The van der Waals surface area contributed by atoms with Crippen molar-refractivity contribution in [3.63, 3.8) is 0 Å². The van der Waals surface area contributed by atoms with Gasteiger partial charge in [-0.05, 0) is 26.0 Å². The van der Waals surface area contributed by atoms with Crippen molar-refractivity contribution in [1.29, 1.82) is 0 Å². The van der Waals surface area contributed by atoms with E-state index >= 15 is 0 Å². The van der Waals surface area contributed by atoms with E-state index in [2.05, 4.69) is 10.3 Å². The molecule has 0 aliphatic carbocycles. The number of esters is 1. The summed E-state index contributed by atoms with van der Waals surface area (Å²) in [4.78, 5) is 40.8. The highest BCUT2D eigenvalue weighted by Crippen LogP contribution is 2.39. The summed E-state index contributed by atoms with van der Waals surface area (Å²) in [5.41, 5.74) is 1.20. The lowest BCUT2D eigenvalue weighted by Crippen LogP contribution is -2.33. The molecule has 0 bridgehead atoms. The summed E-state index contributed by atoms with van der Waals surface area (Å²) in [6, 6.07) is 4.95. The van der Waals surface area contributed by atoms with Crippen molar-refractivity contribution >= 4 is 17.7 Å². The number of hydrogen-bond acceptors (Lipinski definition) is 7. The number of nitrogens with one attached hydrogen (secondary N) is 2. The average Bonchev–Trinajstić information content (AvgIpc) is 3.09. The van der Waals surface area contributed by atoms with Crippen LogP contribution in [0, 0.1) is 6.92 Å². The zero-order valence-electron chi connectivity index (χ0n) is 17.7. The summed E-state index contributed by atoms with van der Waals surface area (Å²) in [6.45, 7) is 3.90. The largest absolute Gasteiger partial charge is 0.497 e. The number of ketones is 1. The molecular weight excluding hydrogens is 392 g/mol. The highest BCUT2D eigenvalue weighted by atomic mass is 16.5. The number of hydrogen-bond donors (Lipinski definition) is 2. The first-order valence-electron chi connectivity index (χ1n) is 9.33. The summed E-state index contributed by atoms with van der Waals surface area (Å²) < 4.78 is 20.7. The van der Waals surface area contributed by atoms with Gasteiger partial charge in [0.2, 0.25) is 0 Å². The smallest absolute Gasteiger partial charge is 0.340 e. The molecule has 0 spiro atoms. The molecule has 30 heavy (non-hydrogen) atoms. The molecule has 0 radical (unpaired) electrons. The van der Waals surface area contributed by atoms with Gasteiger partial charge in [-0.1, -0.05) is 0 Å². The van der Waals surface area contributed by atoms with Crippen molar-refractivity contribution in [3.05, 3.63) is 35.2 Å². The zero-order valence-corrected chi connectivity index (χ0v) is 17.7. The first kappa shape index (κ1) is 23.0. The first-order valence-corrected chi connectivity index (χ1v) is 9.33. The van der Waals surface area contributed by atoms with Gasteiger partial charge in [0.1, 0.15) is 17.2 Å². The molecule has 9 heteroatoms. The molecule has 1 aromatic carbocycles. The average molecular weight is 418 g/mol. The Kier molecular flexibility index (Phi) is 7.99. The third-order valence-corrected chi connectivity index (χ3v) is 4.37. The van der Waals surface area contributed by atoms with Crippen LogP contribution in [0.2, 0.25) is 0 Å². The monoisotopic (exact) mass is 418 g/mol. The van der Waals surface area contributed by atoms with Crippen molar-refractivity contribution in [2.45, 2.75) is 13.8 Å². The molecule has 0 saturated heterocycles. The normalized spacial score (nSPS) is 10.4. The van der Waals surface area contributed by atoms with Gasteiger partial charge in [0, 0.05) is 36.5 Å². The summed E-state index contributed by atoms with van der Waals surface area (Å²) in [5.74, 6) is -1.36. The molecule has 2 aromatic rings. The van der Waals surface area contributed by atoms with Crippen molar-refractivity contribution in [2.75, 3.05) is 41.1 Å². The maximum absolute atomic E-state index is 12.9. The third-order valence-electron chi connectivity index (χ3n) is 4.37. The first-order chi connectivity index (χ1) is 14.4. The van der Waals surface area contributed by atoms with E-state index < -0.39 is 17.7 Å². The Morgan fingerprint density at radius 3 is 2.43 bits per heavy atom. The molecule has 2 rings (SSSR count). The Labute approximate surface area is 174 Å². The van der Waals surface area contributed by atoms with Crippen LogP contribution in [-0.2, 0) is 14.3 Å². The number of aryl methyl sites for hydroxylation is 1. The molecular formula is C21H26N2O7. The third kappa shape index (κ3) is 4.80. The van der Waals surface area contributed by atoms with Crippen molar-refractivity contribution in [3.8, 4) is 22.6 Å². The van der Waals surface area contributed by atoms with Gasteiger partial charge in [-0.3, -0.25) is 9.59 Å². The van der Waals surface area contributed by atoms with Crippen LogP contribution in [0.15, 0.2) is 18.2 Å². The van der Waals surface area contributed by atoms with Gasteiger partial charge in [-0.25, -0.2) is 4.79 Å². The fraction of sp³-hybridized carbons (Fsp3) is 0.381. The summed E-state index contributed by atoms with van der Waals surface area (Å²) in [6.07, 6.45) is 0. The molecule has 0 aliphatic rings. The van der Waals surface area contributed by atoms with E-state index in [1.807, 2.05) is 0 Å². The number of H-pyrrole nitrogens is 1. The maximum atomic E-state index is 12.9. The predicted molar refractivity (Wildman–Crippen MR) is 109 cm³/mol. The fourth-order valence-electron chi connectivity index (χ4n) is 2.99. The number of rotatable bonds is 10. The molecule has 0 saturated carbocycles. The van der Waals surface area contributed by atoms with Crippen LogP contribution < -0.4 is 14.8 Å². The number of methoxy groups -OCH3 is 3. The second-order valence-corrected chi connectivity index (χ2v) is 6.24. The minimum atomic E-state index is -0.822. The topological polar surface area (TPSA) is 116 Å². The van der Waals surface area contributed by atoms with Crippen molar-refractivity contribution < 1.29 is 33.3 Å². The Morgan fingerprint density at radius 2 is 1.83 bits per heavy atom. The summed E-state index contributed by atoms with van der Waals surface area (Å²) in [5, 5.41) is 2.49. The number of carbonyl (C=O) groups excluding carboxylic acids is 3. The number of carbonyl (C=O) groups is 3. The number of ether oxygens (including phenoxy) is 4. The molecule has 2 N–H and O–H groups in total. The molecule has 0 fully saturated rings. The lowest BCUT2D eigenvalue weighted by atomic mass is 9.97. The minimum Gasteiger partial charge on any atom is -0.497 e. The molecule has 1 heterocycles. The van der Waals surface area contributed by atoms with Crippen LogP contribution >= 0.6 is 0 Å². The van der Waals surface area contributed by atoms with E-state index in [9.17, 15) is 14.4 Å². The van der Waals surface area contributed by atoms with Crippen LogP contribution in [0.5, 0.6) is 11.5 Å². The Balaban J connectivity index is 2.65. The van der Waals surface area contributed by atoms with Crippen LogP contribution in [-0.4, -0.2) is 63.7 Å². The summed E-state index contributed by atoms with van der Waals surface area (Å²) in [7, 11) is 4.46. The predicted octanol–water partition coefficient (Wildman–Crippen LogP) is 2.13. The standard InChI is InChI=1S/C21H26N2O7/c1-6-30-21(26)16-12(2)23-18(19(24)20(25)22-9-10-27-3)17(16)14-8-7-13(28-4)11-15(14)29-5/h7-8,11,23H,6,9-10H2,1-5H3,(H,22,25). The fourth-order valence-corrected chi connectivity index (χ4v) is 2.99. The van der Waals surface area contributed by atoms with Gasteiger partial charge < -0.3 is 29.2 Å². The highest BCUT2D eigenvalue weighted by molar-refractivity contribution is 6.44. The van der Waals surface area contributed by atoms with Gasteiger partial charge in [-0.15, -0.1) is 0 Å². The second kappa shape index (κ2) is 10.4. The molecule has 162 valence electrons. The molecule has 1 aromatic heterocycles. The van der Waals surface area contributed by atoms with Crippen LogP contribution in [0.1, 0.15) is 33.5 Å². The number of aromatic amines is 1. The maximum Gasteiger partial charge on any atom is 0.340 e. The molecule has 0 unspecified atom stereocenters. The minimum absolute atomic E-state index is 0.0334. The van der Waals surface area contributed by atoms with Crippen LogP contribution in [0.25, 0.3) is 11.1 Å². The van der Waals surface area contributed by atoms with Gasteiger partial charge in [0.25, 0.3) is 11.7 Å². The van der Waals surface area contributed by atoms with Gasteiger partial charge in [0.15, 0.2) is 0 Å². The SMILES string of the molecule is CCOC(=O)c1c(C)[nH]c(C(=O)C(=O)NCCOC)c1-c1ccc(OC)cc1OC. The summed E-state index contributed by atoms with van der Waals surface area (Å²) >= 11 is 0. The lowest BCUT2D eigenvalue weighted by molar-refractivity contribution is -0.117. The van der Waals surface area contributed by atoms with E-state index in [4.69, 9.17) is 18.9 Å². The number of amides is 1. The quantitative estimate of drug-likeness (QED) is 0.263. The van der Waals surface area contributed by atoms with E-state index in [0.29, 0.717) is 22.8 Å². The Hall–Kier alpha value is -3.33. The second-order valence-electron chi connectivity index (χ2n) is 6.24. The Bertz CT molecular complexity index is 934. The van der Waals surface area contributed by atoms with Crippen LogP contribution in [0.4, 0.5) is 0 Å². The van der Waals surface area contributed by atoms with E-state index in [1.165, 1.54) is 21.3 Å². The highest BCUT2D eigenvalue weighted by Gasteiger charge is 2.31. The van der Waals surface area contributed by atoms with Gasteiger partial charge in [-0.2, -0.15) is 0 Å². The lowest BCUT2D eigenvalue weighted by Gasteiger charge is -2.13. The Morgan fingerprint density at radius 1 is 1.10 bits per heavy atom. The van der Waals surface area contributed by atoms with E-state index in [1.54, 1.807) is 32.0 Å². The van der Waals surface area contributed by atoms with Crippen molar-refractivity contribution in [1.82, 2.24) is 10.3 Å². The molecule has 9 nitrogen and oxygen atoms in total. The van der Waals surface area contributed by atoms with Crippen LogP contribution in [0.3, 0.4) is 0 Å². The molecule has 0 atom stereocenters. The number of benzene rings is 1. The number of Topliss-reactive ketones (excluding diaryl/α,β-unsaturated/α-hetero) is 1. The van der Waals surface area contributed by atoms with E-state index in [0.717, 1.165) is 0 Å². The number of aromatic nitrogens is 1. The van der Waals surface area contributed by atoms with Gasteiger partial charge >= 0.3 is 5.97 Å².